The Bertz CT molecular complexity index is 640. The van der Waals surface area contributed by atoms with Crippen LogP contribution in [-0.4, -0.2) is 38.8 Å². The molecule has 0 radical (unpaired) electrons. The summed E-state index contributed by atoms with van der Waals surface area (Å²) in [7, 11) is 0. The van der Waals surface area contributed by atoms with E-state index in [9.17, 15) is 4.79 Å². The van der Waals surface area contributed by atoms with Gasteiger partial charge in [0, 0.05) is 36.1 Å². The Kier molecular flexibility index (Phi) is 6.18. The van der Waals surface area contributed by atoms with E-state index in [0.717, 1.165) is 69.0 Å². The molecule has 0 bridgehead atoms. The van der Waals surface area contributed by atoms with E-state index in [1.165, 1.54) is 0 Å². The maximum atomic E-state index is 12.8. The second-order valence-electron chi connectivity index (χ2n) is 7.96. The molecule has 4 rings (SSSR count). The molecule has 26 heavy (non-hydrogen) atoms. The molecule has 3 fully saturated rings. The van der Waals surface area contributed by atoms with E-state index >= 15 is 0 Å². The molecule has 1 amide bonds. The summed E-state index contributed by atoms with van der Waals surface area (Å²) in [6.45, 7) is 4.19. The predicted molar refractivity (Wildman–Crippen MR) is 106 cm³/mol. The molecule has 6 heteroatoms. The lowest BCUT2D eigenvalue weighted by Crippen LogP contribution is -2.45. The van der Waals surface area contributed by atoms with Crippen LogP contribution in [0.25, 0.3) is 0 Å². The zero-order chi connectivity index (χ0) is 17.3. The number of halogens is 2. The quantitative estimate of drug-likeness (QED) is 0.817. The molecule has 1 unspecified atom stereocenters. The summed E-state index contributed by atoms with van der Waals surface area (Å²) in [4.78, 5) is 12.8. The van der Waals surface area contributed by atoms with Crippen molar-refractivity contribution in [2.24, 2.45) is 11.3 Å². The first-order valence-corrected chi connectivity index (χ1v) is 9.84. The van der Waals surface area contributed by atoms with Crippen LogP contribution in [0.5, 0.6) is 0 Å². The third-order valence-corrected chi connectivity index (χ3v) is 6.93. The van der Waals surface area contributed by atoms with Gasteiger partial charge in [0.1, 0.15) is 0 Å². The van der Waals surface area contributed by atoms with Gasteiger partial charge < -0.3 is 15.4 Å². The number of ether oxygens (including phenoxy) is 1. The van der Waals surface area contributed by atoms with Crippen molar-refractivity contribution < 1.29 is 9.53 Å². The minimum absolute atomic E-state index is 0. The van der Waals surface area contributed by atoms with Crippen molar-refractivity contribution in [2.45, 2.75) is 37.5 Å². The van der Waals surface area contributed by atoms with Crippen molar-refractivity contribution in [1.29, 1.82) is 0 Å². The number of rotatable bonds is 4. The van der Waals surface area contributed by atoms with Gasteiger partial charge in [-0.1, -0.05) is 29.8 Å². The van der Waals surface area contributed by atoms with Crippen LogP contribution in [0.4, 0.5) is 0 Å². The van der Waals surface area contributed by atoms with Gasteiger partial charge in [0.2, 0.25) is 5.91 Å². The molecule has 3 aliphatic rings. The van der Waals surface area contributed by atoms with Crippen LogP contribution in [0, 0.1) is 11.3 Å². The Morgan fingerprint density at radius 1 is 1.19 bits per heavy atom. The molecule has 1 atom stereocenters. The maximum absolute atomic E-state index is 12.8. The number of hydrogen-bond acceptors (Lipinski definition) is 3. The maximum Gasteiger partial charge on any atom is 0.223 e. The van der Waals surface area contributed by atoms with Gasteiger partial charge in [0.25, 0.3) is 0 Å². The van der Waals surface area contributed by atoms with E-state index in [2.05, 4.69) is 16.7 Å². The first-order chi connectivity index (χ1) is 12.2. The first-order valence-electron chi connectivity index (χ1n) is 9.47. The van der Waals surface area contributed by atoms with E-state index < -0.39 is 0 Å². The van der Waals surface area contributed by atoms with Gasteiger partial charge in [-0.25, -0.2) is 0 Å². The molecule has 2 saturated heterocycles. The Morgan fingerprint density at radius 2 is 1.88 bits per heavy atom. The van der Waals surface area contributed by atoms with Gasteiger partial charge in [0.15, 0.2) is 0 Å². The number of hydrogen-bond donors (Lipinski definition) is 2. The highest BCUT2D eigenvalue weighted by molar-refractivity contribution is 6.31. The largest absolute Gasteiger partial charge is 0.381 e. The molecular formula is C20H28Cl2N2O2. The summed E-state index contributed by atoms with van der Waals surface area (Å²) in [5.74, 6) is 0.442. The smallest absolute Gasteiger partial charge is 0.223 e. The minimum atomic E-state index is -0.109. The summed E-state index contributed by atoms with van der Waals surface area (Å²) in [5.41, 5.74) is 1.32. The molecule has 1 spiro atoms. The molecule has 1 saturated carbocycles. The summed E-state index contributed by atoms with van der Waals surface area (Å²) in [6.07, 6.45) is 5.12. The van der Waals surface area contributed by atoms with Crippen molar-refractivity contribution in [2.75, 3.05) is 32.8 Å². The number of nitrogens with one attached hydrogen (secondary N) is 2. The lowest BCUT2D eigenvalue weighted by atomic mass is 9.74. The number of carbonyl (C=O) groups excluding carboxylic acids is 1. The van der Waals surface area contributed by atoms with E-state index in [0.29, 0.717) is 6.54 Å². The Morgan fingerprint density at radius 3 is 2.58 bits per heavy atom. The Balaban J connectivity index is 0.00000196. The number of benzene rings is 1. The average Bonchev–Trinajstić information content (AvgIpc) is 3.34. The fourth-order valence-corrected chi connectivity index (χ4v) is 5.11. The summed E-state index contributed by atoms with van der Waals surface area (Å²) < 4.78 is 5.58. The average molecular weight is 399 g/mol. The van der Waals surface area contributed by atoms with Crippen LogP contribution in [0.2, 0.25) is 5.02 Å². The van der Waals surface area contributed by atoms with Gasteiger partial charge in [-0.2, -0.15) is 0 Å². The van der Waals surface area contributed by atoms with E-state index in [4.69, 9.17) is 16.3 Å². The highest BCUT2D eigenvalue weighted by Crippen LogP contribution is 2.58. The van der Waals surface area contributed by atoms with E-state index in [-0.39, 0.29) is 35.1 Å². The van der Waals surface area contributed by atoms with Crippen LogP contribution in [-0.2, 0) is 14.9 Å². The monoisotopic (exact) mass is 398 g/mol. The molecule has 144 valence electrons. The number of carbonyl (C=O) groups is 1. The molecule has 4 nitrogen and oxygen atoms in total. The first kappa shape index (κ1) is 19.9. The second-order valence-corrected chi connectivity index (χ2v) is 8.37. The molecule has 0 aromatic heterocycles. The molecule has 1 aromatic carbocycles. The van der Waals surface area contributed by atoms with Crippen molar-refractivity contribution in [3.8, 4) is 0 Å². The summed E-state index contributed by atoms with van der Waals surface area (Å²) in [6, 6.07) is 8.04. The molecule has 2 heterocycles. The Labute approximate surface area is 166 Å². The molecule has 1 aliphatic carbocycles. The highest BCUT2D eigenvalue weighted by atomic mass is 35.5. The van der Waals surface area contributed by atoms with Crippen molar-refractivity contribution in [3.63, 3.8) is 0 Å². The normalized spacial score (nSPS) is 26.0. The van der Waals surface area contributed by atoms with E-state index in [1.54, 1.807) is 0 Å². The molecule has 2 N–H and O–H groups in total. The van der Waals surface area contributed by atoms with Crippen molar-refractivity contribution in [3.05, 3.63) is 34.9 Å². The van der Waals surface area contributed by atoms with Crippen molar-refractivity contribution >= 4 is 29.9 Å². The summed E-state index contributed by atoms with van der Waals surface area (Å²) >= 11 is 6.49. The fourth-order valence-electron chi connectivity index (χ4n) is 4.77. The van der Waals surface area contributed by atoms with Crippen LogP contribution in [0.3, 0.4) is 0 Å². The van der Waals surface area contributed by atoms with E-state index in [1.807, 2.05) is 18.2 Å². The van der Waals surface area contributed by atoms with Crippen LogP contribution in [0.15, 0.2) is 24.3 Å². The third-order valence-electron chi connectivity index (χ3n) is 6.60. The predicted octanol–water partition coefficient (Wildman–Crippen LogP) is 3.32. The van der Waals surface area contributed by atoms with Crippen LogP contribution >= 0.6 is 24.0 Å². The lowest BCUT2D eigenvalue weighted by molar-refractivity contribution is -0.123. The Hall–Kier alpha value is -0.810. The lowest BCUT2D eigenvalue weighted by Gasteiger charge is -2.38. The van der Waals surface area contributed by atoms with Crippen LogP contribution in [0.1, 0.15) is 37.7 Å². The molecule has 2 aliphatic heterocycles. The van der Waals surface area contributed by atoms with Gasteiger partial charge in [-0.3, -0.25) is 4.79 Å². The van der Waals surface area contributed by atoms with Crippen LogP contribution < -0.4 is 10.6 Å². The number of piperidine rings is 1. The van der Waals surface area contributed by atoms with Crippen molar-refractivity contribution in [1.82, 2.24) is 10.6 Å². The fraction of sp³-hybridized carbons (Fsp3) is 0.650. The third kappa shape index (κ3) is 3.75. The topological polar surface area (TPSA) is 50.4 Å². The highest BCUT2D eigenvalue weighted by Gasteiger charge is 2.57. The molecule has 1 aromatic rings. The second kappa shape index (κ2) is 8.05. The summed E-state index contributed by atoms with van der Waals surface area (Å²) in [5, 5.41) is 7.47. The number of amides is 1. The molecular weight excluding hydrogens is 371 g/mol. The minimum Gasteiger partial charge on any atom is -0.381 e. The zero-order valence-electron chi connectivity index (χ0n) is 15.1. The van der Waals surface area contributed by atoms with Gasteiger partial charge in [-0.05, 0) is 62.2 Å². The van der Waals surface area contributed by atoms with Gasteiger partial charge >= 0.3 is 0 Å². The van der Waals surface area contributed by atoms with Gasteiger partial charge in [-0.15, -0.1) is 12.4 Å². The van der Waals surface area contributed by atoms with Gasteiger partial charge in [0.05, 0.1) is 0 Å². The zero-order valence-corrected chi connectivity index (χ0v) is 16.6. The standard InChI is InChI=1S/C20H27ClN2O2.ClH/c21-17-4-2-1-3-15(17)20(7-11-25-12-8-20)14-23-18(24)16-13-19(16)5-9-22-10-6-19;/h1-4,16,22H,5-14H2,(H,23,24);1H. The SMILES string of the molecule is Cl.O=C(NCC1(c2ccccc2Cl)CCOCC1)C1CC12CCNCC2.